The number of hydrogen-bond acceptors (Lipinski definition) is 4. The first-order valence-electron chi connectivity index (χ1n) is 7.50. The Morgan fingerprint density at radius 1 is 1.36 bits per heavy atom. The smallest absolute Gasteiger partial charge is 0.253 e. The molecule has 1 unspecified atom stereocenters. The van der Waals surface area contributed by atoms with Gasteiger partial charge in [0.2, 0.25) is 0 Å². The van der Waals surface area contributed by atoms with Gasteiger partial charge in [-0.05, 0) is 39.3 Å². The Morgan fingerprint density at radius 2 is 2.14 bits per heavy atom. The number of fused-ring (bicyclic) bond motifs is 1. The van der Waals surface area contributed by atoms with Crippen LogP contribution in [0.15, 0.2) is 12.1 Å². The van der Waals surface area contributed by atoms with E-state index in [4.69, 9.17) is 0 Å². The van der Waals surface area contributed by atoms with Gasteiger partial charge in [0, 0.05) is 18.7 Å². The number of rotatable bonds is 3. The van der Waals surface area contributed by atoms with Crippen molar-refractivity contribution in [1.29, 1.82) is 0 Å². The van der Waals surface area contributed by atoms with E-state index in [0.717, 1.165) is 30.8 Å². The third-order valence-corrected chi connectivity index (χ3v) is 4.06. The van der Waals surface area contributed by atoms with Crippen LogP contribution >= 0.6 is 0 Å². The normalized spacial score (nSPS) is 17.9. The lowest BCUT2D eigenvalue weighted by Crippen LogP contribution is -2.37. The molecule has 1 atom stereocenters. The van der Waals surface area contributed by atoms with E-state index in [1.807, 2.05) is 13.8 Å². The number of hydrogen-bond donors (Lipinski definition) is 2. The number of aryl methyl sites for hydroxylation is 2. The molecular weight excluding hydrogens is 283 g/mol. The Balaban J connectivity index is 1.91. The maximum atomic E-state index is 13.8. The molecule has 22 heavy (non-hydrogen) atoms. The SMILES string of the molecule is Cc1nc2cc(F)cc(C(=O)NCC3CCCN3)c2nc1C. The van der Waals surface area contributed by atoms with E-state index >= 15 is 0 Å². The van der Waals surface area contributed by atoms with Crippen molar-refractivity contribution in [3.63, 3.8) is 0 Å². The fourth-order valence-corrected chi connectivity index (χ4v) is 2.71. The molecule has 5 nitrogen and oxygen atoms in total. The lowest BCUT2D eigenvalue weighted by molar-refractivity contribution is 0.0951. The van der Waals surface area contributed by atoms with Crippen LogP contribution in [0.3, 0.4) is 0 Å². The second-order valence-electron chi connectivity index (χ2n) is 5.72. The van der Waals surface area contributed by atoms with E-state index in [9.17, 15) is 9.18 Å². The summed E-state index contributed by atoms with van der Waals surface area (Å²) in [5.41, 5.74) is 2.57. The Bertz CT molecular complexity index is 726. The predicted octanol–water partition coefficient (Wildman–Crippen LogP) is 1.87. The van der Waals surface area contributed by atoms with Gasteiger partial charge in [-0.3, -0.25) is 4.79 Å². The number of aromatic nitrogens is 2. The highest BCUT2D eigenvalue weighted by atomic mass is 19.1. The third-order valence-electron chi connectivity index (χ3n) is 4.06. The second kappa shape index (κ2) is 5.96. The summed E-state index contributed by atoms with van der Waals surface area (Å²) in [6.07, 6.45) is 2.16. The predicted molar refractivity (Wildman–Crippen MR) is 82.3 cm³/mol. The fraction of sp³-hybridized carbons (Fsp3) is 0.438. The van der Waals surface area contributed by atoms with Gasteiger partial charge in [-0.2, -0.15) is 0 Å². The number of carbonyl (C=O) groups excluding carboxylic acids is 1. The van der Waals surface area contributed by atoms with Crippen LogP contribution in [0.25, 0.3) is 11.0 Å². The van der Waals surface area contributed by atoms with Crippen molar-refractivity contribution < 1.29 is 9.18 Å². The number of benzene rings is 1. The quantitative estimate of drug-likeness (QED) is 0.908. The molecular formula is C16H19FN4O. The van der Waals surface area contributed by atoms with Gasteiger partial charge in [0.1, 0.15) is 11.3 Å². The van der Waals surface area contributed by atoms with Gasteiger partial charge in [-0.25, -0.2) is 14.4 Å². The van der Waals surface area contributed by atoms with Crippen LogP contribution in [-0.4, -0.2) is 35.0 Å². The zero-order chi connectivity index (χ0) is 15.7. The summed E-state index contributed by atoms with van der Waals surface area (Å²) < 4.78 is 13.8. The van der Waals surface area contributed by atoms with E-state index < -0.39 is 5.82 Å². The maximum Gasteiger partial charge on any atom is 0.253 e. The van der Waals surface area contributed by atoms with Gasteiger partial charge >= 0.3 is 0 Å². The van der Waals surface area contributed by atoms with Gasteiger partial charge in [0.25, 0.3) is 5.91 Å². The molecule has 2 N–H and O–H groups in total. The van der Waals surface area contributed by atoms with E-state index in [2.05, 4.69) is 20.6 Å². The van der Waals surface area contributed by atoms with Crippen molar-refractivity contribution in [2.45, 2.75) is 32.7 Å². The Labute approximate surface area is 128 Å². The van der Waals surface area contributed by atoms with Crippen molar-refractivity contribution in [2.75, 3.05) is 13.1 Å². The number of halogens is 1. The number of amides is 1. The molecule has 2 aromatic rings. The molecule has 1 aliphatic heterocycles. The zero-order valence-corrected chi connectivity index (χ0v) is 12.7. The third kappa shape index (κ3) is 2.92. The van der Waals surface area contributed by atoms with Crippen LogP contribution in [0.1, 0.15) is 34.6 Å². The molecule has 0 spiro atoms. The van der Waals surface area contributed by atoms with Crippen LogP contribution in [0.4, 0.5) is 4.39 Å². The van der Waals surface area contributed by atoms with Crippen LogP contribution in [0.2, 0.25) is 0 Å². The Morgan fingerprint density at radius 3 is 2.86 bits per heavy atom. The maximum absolute atomic E-state index is 13.8. The van der Waals surface area contributed by atoms with Crippen molar-refractivity contribution in [3.05, 3.63) is 34.9 Å². The molecule has 0 saturated carbocycles. The number of carbonyl (C=O) groups is 1. The highest BCUT2D eigenvalue weighted by Crippen LogP contribution is 2.19. The molecule has 1 saturated heterocycles. The minimum absolute atomic E-state index is 0.239. The molecule has 0 radical (unpaired) electrons. The number of nitrogens with one attached hydrogen (secondary N) is 2. The summed E-state index contributed by atoms with van der Waals surface area (Å²) in [4.78, 5) is 21.1. The summed E-state index contributed by atoms with van der Waals surface area (Å²) in [5, 5.41) is 6.17. The van der Waals surface area contributed by atoms with Gasteiger partial charge in [0.15, 0.2) is 0 Å². The van der Waals surface area contributed by atoms with Crippen molar-refractivity contribution >= 4 is 16.9 Å². The molecule has 1 amide bonds. The molecule has 3 rings (SSSR count). The molecule has 116 valence electrons. The molecule has 1 fully saturated rings. The summed E-state index contributed by atoms with van der Waals surface area (Å²) in [6.45, 7) is 5.16. The number of nitrogens with zero attached hydrogens (tertiary/aromatic N) is 2. The fourth-order valence-electron chi connectivity index (χ4n) is 2.71. The van der Waals surface area contributed by atoms with Crippen molar-refractivity contribution in [2.24, 2.45) is 0 Å². The highest BCUT2D eigenvalue weighted by Gasteiger charge is 2.18. The van der Waals surface area contributed by atoms with Gasteiger partial charge < -0.3 is 10.6 Å². The molecule has 2 heterocycles. The lowest BCUT2D eigenvalue weighted by Gasteiger charge is -2.13. The highest BCUT2D eigenvalue weighted by molar-refractivity contribution is 6.04. The van der Waals surface area contributed by atoms with Gasteiger partial charge in [-0.1, -0.05) is 0 Å². The summed E-state index contributed by atoms with van der Waals surface area (Å²) in [6, 6.07) is 2.83. The molecule has 1 aromatic heterocycles. The standard InChI is InChI=1S/C16H19FN4O/c1-9-10(2)21-15-13(6-11(17)7-14(15)20-9)16(22)19-8-12-4-3-5-18-12/h6-7,12,18H,3-5,8H2,1-2H3,(H,19,22). The minimum atomic E-state index is -0.478. The average Bonchev–Trinajstić information content (AvgIpc) is 2.99. The summed E-state index contributed by atoms with van der Waals surface area (Å²) in [7, 11) is 0. The molecule has 0 bridgehead atoms. The van der Waals surface area contributed by atoms with E-state index in [-0.39, 0.29) is 11.5 Å². The van der Waals surface area contributed by atoms with Crippen LogP contribution < -0.4 is 10.6 Å². The van der Waals surface area contributed by atoms with E-state index in [1.165, 1.54) is 12.1 Å². The average molecular weight is 302 g/mol. The molecule has 0 aliphatic carbocycles. The van der Waals surface area contributed by atoms with Crippen molar-refractivity contribution in [1.82, 2.24) is 20.6 Å². The van der Waals surface area contributed by atoms with E-state index in [0.29, 0.717) is 23.6 Å². The van der Waals surface area contributed by atoms with Crippen molar-refractivity contribution in [3.8, 4) is 0 Å². The second-order valence-corrected chi connectivity index (χ2v) is 5.72. The molecule has 6 heteroatoms. The monoisotopic (exact) mass is 302 g/mol. The zero-order valence-electron chi connectivity index (χ0n) is 12.7. The first kappa shape index (κ1) is 14.8. The van der Waals surface area contributed by atoms with Crippen LogP contribution in [0.5, 0.6) is 0 Å². The Hall–Kier alpha value is -2.08. The largest absolute Gasteiger partial charge is 0.350 e. The van der Waals surface area contributed by atoms with Crippen LogP contribution in [0, 0.1) is 19.7 Å². The minimum Gasteiger partial charge on any atom is -0.350 e. The lowest BCUT2D eigenvalue weighted by atomic mass is 10.1. The van der Waals surface area contributed by atoms with Gasteiger partial charge in [0.05, 0.1) is 22.5 Å². The first-order chi connectivity index (χ1) is 10.5. The Kier molecular flexibility index (Phi) is 4.02. The van der Waals surface area contributed by atoms with Crippen LogP contribution in [-0.2, 0) is 0 Å². The topological polar surface area (TPSA) is 66.9 Å². The molecule has 1 aliphatic rings. The summed E-state index contributed by atoms with van der Waals surface area (Å²) in [5.74, 6) is -0.787. The molecule has 1 aromatic carbocycles. The first-order valence-corrected chi connectivity index (χ1v) is 7.50. The van der Waals surface area contributed by atoms with Gasteiger partial charge in [-0.15, -0.1) is 0 Å². The summed E-state index contributed by atoms with van der Waals surface area (Å²) >= 11 is 0. The van der Waals surface area contributed by atoms with E-state index in [1.54, 1.807) is 0 Å².